The van der Waals surface area contributed by atoms with Gasteiger partial charge in [0, 0.05) is 30.8 Å². The Kier molecular flexibility index (Phi) is 10.6. The van der Waals surface area contributed by atoms with E-state index in [0.29, 0.717) is 78.0 Å². The Morgan fingerprint density at radius 1 is 1.00 bits per heavy atom. The average Bonchev–Trinajstić information content (AvgIpc) is 3.68. The van der Waals surface area contributed by atoms with Crippen LogP contribution in [0.25, 0.3) is 0 Å². The molecule has 2 heterocycles. The van der Waals surface area contributed by atoms with Gasteiger partial charge in [0.05, 0.1) is 26.2 Å². The van der Waals surface area contributed by atoms with Crippen molar-refractivity contribution in [1.82, 2.24) is 4.90 Å². The molecular weight excluding hydrogens is 595 g/mol. The Bertz CT molecular complexity index is 1520. The average molecular weight is 637 g/mol. The molecule has 246 valence electrons. The third-order valence-electron chi connectivity index (χ3n) is 8.55. The Morgan fingerprint density at radius 3 is 2.35 bits per heavy atom. The van der Waals surface area contributed by atoms with Crippen molar-refractivity contribution >= 4 is 17.6 Å². The summed E-state index contributed by atoms with van der Waals surface area (Å²) in [5, 5.41) is 13.7. The van der Waals surface area contributed by atoms with Gasteiger partial charge in [-0.2, -0.15) is 0 Å². The molecule has 0 aliphatic carbocycles. The summed E-state index contributed by atoms with van der Waals surface area (Å²) in [6.07, 6.45) is 1.08. The largest absolute Gasteiger partial charge is 0.493 e. The van der Waals surface area contributed by atoms with Gasteiger partial charge < -0.3 is 34.1 Å². The number of fused-ring (bicyclic) bond motifs is 1. The van der Waals surface area contributed by atoms with Gasteiger partial charge in [0.2, 0.25) is 18.4 Å². The molecule has 1 saturated heterocycles. The smallest absolute Gasteiger partial charge is 0.309 e. The van der Waals surface area contributed by atoms with Crippen LogP contribution in [0.2, 0.25) is 0 Å². The van der Waals surface area contributed by atoms with Crippen molar-refractivity contribution in [3.8, 4) is 23.0 Å². The number of rotatable bonds is 14. The lowest BCUT2D eigenvalue weighted by Crippen LogP contribution is -2.35. The van der Waals surface area contributed by atoms with Gasteiger partial charge in [-0.3, -0.25) is 14.5 Å². The van der Waals surface area contributed by atoms with E-state index in [4.69, 9.17) is 23.7 Å². The van der Waals surface area contributed by atoms with Crippen LogP contribution in [0.15, 0.2) is 48.5 Å². The Balaban J connectivity index is 1.48. The Labute approximate surface area is 268 Å². The van der Waals surface area contributed by atoms with Crippen LogP contribution in [-0.4, -0.2) is 68.7 Å². The second-order valence-electron chi connectivity index (χ2n) is 11.3. The zero-order chi connectivity index (χ0) is 32.8. The van der Waals surface area contributed by atoms with Crippen LogP contribution in [-0.2, 0) is 27.2 Å². The van der Waals surface area contributed by atoms with Crippen molar-refractivity contribution in [2.24, 2.45) is 5.92 Å². The molecule has 1 fully saturated rings. The van der Waals surface area contributed by atoms with Crippen LogP contribution in [0.3, 0.4) is 0 Å². The van der Waals surface area contributed by atoms with Crippen LogP contribution in [0.1, 0.15) is 55.0 Å². The highest BCUT2D eigenvalue weighted by Crippen LogP contribution is 2.50. The standard InChI is InChI=1S/C35H41FN2O8/c1-5-21-14-25(36)15-22(6-2)32(21)37-30(39)19-38-18-27(24-16-28(42-4)34-29(17-24)45-20-46-34)31(35(40)41)33(38)23-8-10-26(11-9-23)44-13-12-43-7-3/h8-11,14-17,27,31,33H,5-7,12-13,18-20H2,1-4H3,(H,37,39)(H,40,41)/t27-,31-,33+/m1/s1. The van der Waals surface area contributed by atoms with Crippen molar-refractivity contribution in [2.45, 2.75) is 45.6 Å². The number of benzene rings is 3. The maximum Gasteiger partial charge on any atom is 0.309 e. The van der Waals surface area contributed by atoms with E-state index in [1.807, 2.05) is 37.8 Å². The van der Waals surface area contributed by atoms with Crippen molar-refractivity contribution in [3.05, 3.63) is 76.6 Å². The van der Waals surface area contributed by atoms with Crippen LogP contribution in [0.5, 0.6) is 23.0 Å². The molecule has 2 aliphatic rings. The summed E-state index contributed by atoms with van der Waals surface area (Å²) in [5.41, 5.74) is 3.46. The summed E-state index contributed by atoms with van der Waals surface area (Å²) in [6, 6.07) is 13.1. The second kappa shape index (κ2) is 14.8. The number of aryl methyl sites for hydroxylation is 2. The molecule has 11 heteroatoms. The number of hydrogen-bond acceptors (Lipinski definition) is 8. The second-order valence-corrected chi connectivity index (χ2v) is 11.3. The van der Waals surface area contributed by atoms with Gasteiger partial charge >= 0.3 is 5.97 Å². The maximum absolute atomic E-state index is 14.3. The number of hydrogen-bond donors (Lipinski definition) is 2. The molecule has 3 atom stereocenters. The number of amides is 1. The zero-order valence-electron chi connectivity index (χ0n) is 26.6. The van der Waals surface area contributed by atoms with E-state index in [1.165, 1.54) is 19.2 Å². The number of carboxylic acids is 1. The Morgan fingerprint density at radius 2 is 1.72 bits per heavy atom. The van der Waals surface area contributed by atoms with E-state index < -0.39 is 23.8 Å². The molecular formula is C35H41FN2O8. The molecule has 46 heavy (non-hydrogen) atoms. The van der Waals surface area contributed by atoms with Crippen molar-refractivity contribution in [2.75, 3.05) is 52.1 Å². The predicted molar refractivity (Wildman–Crippen MR) is 170 cm³/mol. The highest BCUT2D eigenvalue weighted by atomic mass is 19.1. The summed E-state index contributed by atoms with van der Waals surface area (Å²) in [6.45, 7) is 7.41. The van der Waals surface area contributed by atoms with Crippen LogP contribution >= 0.6 is 0 Å². The summed E-state index contributed by atoms with van der Waals surface area (Å²) >= 11 is 0. The van der Waals surface area contributed by atoms with E-state index in [9.17, 15) is 19.1 Å². The van der Waals surface area contributed by atoms with E-state index in [1.54, 1.807) is 24.3 Å². The number of carboxylic acid groups (broad SMARTS) is 1. The van der Waals surface area contributed by atoms with Gasteiger partial charge in [-0.1, -0.05) is 26.0 Å². The molecule has 0 radical (unpaired) electrons. The number of methoxy groups -OCH3 is 1. The number of likely N-dealkylation sites (tertiary alicyclic amines) is 1. The predicted octanol–water partition coefficient (Wildman–Crippen LogP) is 5.58. The number of carbonyl (C=O) groups is 2. The molecule has 0 aromatic heterocycles. The Hall–Kier alpha value is -4.35. The molecule has 0 bridgehead atoms. The van der Waals surface area contributed by atoms with E-state index >= 15 is 0 Å². The molecule has 2 aliphatic heterocycles. The quantitative estimate of drug-likeness (QED) is 0.219. The lowest BCUT2D eigenvalue weighted by molar-refractivity contribution is -0.143. The van der Waals surface area contributed by atoms with Gasteiger partial charge in [0.15, 0.2) is 11.5 Å². The number of carbonyl (C=O) groups excluding carboxylic acids is 1. The van der Waals surface area contributed by atoms with Gasteiger partial charge in [-0.15, -0.1) is 0 Å². The normalized spacial score (nSPS) is 18.8. The van der Waals surface area contributed by atoms with Crippen molar-refractivity contribution in [3.63, 3.8) is 0 Å². The number of aliphatic carboxylic acids is 1. The topological polar surface area (TPSA) is 116 Å². The van der Waals surface area contributed by atoms with Crippen molar-refractivity contribution in [1.29, 1.82) is 0 Å². The molecule has 2 N–H and O–H groups in total. The van der Waals surface area contributed by atoms with Gasteiger partial charge in [-0.25, -0.2) is 4.39 Å². The first-order chi connectivity index (χ1) is 22.3. The number of ether oxygens (including phenoxy) is 5. The molecule has 3 aromatic carbocycles. The SMILES string of the molecule is CCOCCOc1ccc([C@H]2[C@H](C(=O)O)[C@@H](c3cc(OC)c4c(c3)OCO4)CN2CC(=O)Nc2c(CC)cc(F)cc2CC)cc1. The summed E-state index contributed by atoms with van der Waals surface area (Å²) in [7, 11) is 1.52. The van der Waals surface area contributed by atoms with Crippen LogP contribution in [0.4, 0.5) is 10.1 Å². The monoisotopic (exact) mass is 636 g/mol. The summed E-state index contributed by atoms with van der Waals surface area (Å²) < 4.78 is 42.1. The molecule has 0 spiro atoms. The minimum atomic E-state index is -0.994. The van der Waals surface area contributed by atoms with Gasteiger partial charge in [0.1, 0.15) is 18.2 Å². The van der Waals surface area contributed by atoms with Gasteiger partial charge in [-0.05, 0) is 78.4 Å². The summed E-state index contributed by atoms with van der Waals surface area (Å²) in [5.74, 6) is -1.04. The summed E-state index contributed by atoms with van der Waals surface area (Å²) in [4.78, 5) is 28.6. The first kappa shape index (κ1) is 33.0. The lowest BCUT2D eigenvalue weighted by Gasteiger charge is -2.27. The molecule has 3 aromatic rings. The number of halogens is 1. The number of nitrogens with one attached hydrogen (secondary N) is 1. The first-order valence-corrected chi connectivity index (χ1v) is 15.6. The minimum Gasteiger partial charge on any atom is -0.493 e. The molecule has 5 rings (SSSR count). The number of nitrogens with zero attached hydrogens (tertiary/aromatic N) is 1. The highest BCUT2D eigenvalue weighted by Gasteiger charge is 2.48. The molecule has 10 nitrogen and oxygen atoms in total. The zero-order valence-corrected chi connectivity index (χ0v) is 26.6. The van der Waals surface area contributed by atoms with E-state index in [-0.39, 0.29) is 31.6 Å². The van der Waals surface area contributed by atoms with Crippen LogP contribution < -0.4 is 24.3 Å². The third-order valence-corrected chi connectivity index (χ3v) is 8.55. The molecule has 0 unspecified atom stereocenters. The lowest BCUT2D eigenvalue weighted by atomic mass is 9.82. The first-order valence-electron chi connectivity index (χ1n) is 15.6. The maximum atomic E-state index is 14.3. The fourth-order valence-electron chi connectivity index (χ4n) is 6.42. The fourth-order valence-corrected chi connectivity index (χ4v) is 6.42. The fraction of sp³-hybridized carbons (Fsp3) is 0.429. The van der Waals surface area contributed by atoms with E-state index in [2.05, 4.69) is 5.32 Å². The van der Waals surface area contributed by atoms with Crippen molar-refractivity contribution < 1.29 is 42.8 Å². The van der Waals surface area contributed by atoms with Crippen LogP contribution in [0, 0.1) is 11.7 Å². The molecule has 1 amide bonds. The van der Waals surface area contributed by atoms with E-state index in [0.717, 1.165) is 5.56 Å². The highest BCUT2D eigenvalue weighted by molar-refractivity contribution is 5.94. The number of anilines is 1. The third kappa shape index (κ3) is 7.05. The van der Waals surface area contributed by atoms with Gasteiger partial charge in [0.25, 0.3) is 0 Å². The molecule has 0 saturated carbocycles. The minimum absolute atomic E-state index is 0.0406.